The number of hydrogen-bond donors (Lipinski definition) is 2. The number of rotatable bonds is 8. The van der Waals surface area contributed by atoms with Crippen molar-refractivity contribution in [2.45, 2.75) is 25.4 Å². The van der Waals surface area contributed by atoms with E-state index < -0.39 is 11.7 Å². The third-order valence-electron chi connectivity index (χ3n) is 7.69. The van der Waals surface area contributed by atoms with Crippen LogP contribution in [0.3, 0.4) is 0 Å². The monoisotopic (exact) mass is 550 g/mol. The highest BCUT2D eigenvalue weighted by Crippen LogP contribution is 2.20. The number of fused-ring (bicyclic) bond motifs is 1. The Labute approximate surface area is 231 Å². The Hall–Kier alpha value is -3.67. The molecule has 0 unspecified atom stereocenters. The van der Waals surface area contributed by atoms with Crippen LogP contribution in [-0.4, -0.2) is 102 Å². The minimum Gasteiger partial charge on any atom is -0.377 e. The Morgan fingerprint density at radius 2 is 1.70 bits per heavy atom. The van der Waals surface area contributed by atoms with Crippen molar-refractivity contribution in [2.24, 2.45) is 5.73 Å². The molecule has 3 heterocycles. The van der Waals surface area contributed by atoms with Gasteiger partial charge < -0.3 is 20.3 Å². The van der Waals surface area contributed by atoms with Crippen LogP contribution in [0.4, 0.5) is 4.39 Å². The van der Waals surface area contributed by atoms with Crippen LogP contribution in [-0.2, 0) is 16.0 Å². The lowest BCUT2D eigenvalue weighted by atomic mass is 10.0. The average Bonchev–Trinajstić information content (AvgIpc) is 2.99. The molecule has 0 aliphatic carbocycles. The number of aromatic nitrogens is 2. The Kier molecular flexibility index (Phi) is 8.83. The number of nitrogens with zero attached hydrogens (tertiary/aromatic N) is 4. The van der Waals surface area contributed by atoms with E-state index in [1.165, 1.54) is 6.07 Å². The summed E-state index contributed by atoms with van der Waals surface area (Å²) in [6.07, 6.45) is 2.30. The summed E-state index contributed by atoms with van der Waals surface area (Å²) in [6.45, 7) is 4.54. The molecule has 1 aromatic heterocycles. The number of halogens is 1. The first-order chi connectivity index (χ1) is 19.4. The summed E-state index contributed by atoms with van der Waals surface area (Å²) in [4.78, 5) is 43.8. The molecule has 0 spiro atoms. The van der Waals surface area contributed by atoms with Crippen molar-refractivity contribution in [1.29, 1.82) is 0 Å². The van der Waals surface area contributed by atoms with Gasteiger partial charge >= 0.3 is 0 Å². The number of carbonyl (C=O) groups is 2. The molecule has 10 nitrogen and oxygen atoms in total. The molecular weight excluding hydrogens is 515 g/mol. The molecule has 2 aliphatic heterocycles. The molecule has 40 heavy (non-hydrogen) atoms. The van der Waals surface area contributed by atoms with Crippen LogP contribution < -0.4 is 11.3 Å². The lowest BCUT2D eigenvalue weighted by Crippen LogP contribution is -2.53. The molecule has 5 rings (SSSR count). The van der Waals surface area contributed by atoms with Crippen molar-refractivity contribution in [3.8, 4) is 0 Å². The van der Waals surface area contributed by atoms with Crippen LogP contribution in [0.2, 0.25) is 0 Å². The van der Waals surface area contributed by atoms with Crippen LogP contribution in [0.25, 0.3) is 10.8 Å². The third kappa shape index (κ3) is 6.38. The number of ether oxygens (including phenoxy) is 1. The minimum atomic E-state index is -0.592. The van der Waals surface area contributed by atoms with Crippen LogP contribution in [0.15, 0.2) is 47.3 Å². The fourth-order valence-electron chi connectivity index (χ4n) is 5.44. The van der Waals surface area contributed by atoms with Gasteiger partial charge in [-0.25, -0.2) is 9.49 Å². The van der Waals surface area contributed by atoms with Gasteiger partial charge in [-0.05, 0) is 36.6 Å². The summed E-state index contributed by atoms with van der Waals surface area (Å²) in [6, 6.07) is 11.6. The van der Waals surface area contributed by atoms with Gasteiger partial charge in [-0.1, -0.05) is 24.3 Å². The maximum absolute atomic E-state index is 14.8. The molecular formula is C29H35FN6O4. The summed E-state index contributed by atoms with van der Waals surface area (Å²) in [5.41, 5.74) is 6.57. The van der Waals surface area contributed by atoms with Crippen molar-refractivity contribution >= 4 is 22.6 Å². The summed E-state index contributed by atoms with van der Waals surface area (Å²) in [7, 11) is 0. The van der Waals surface area contributed by atoms with Crippen LogP contribution in [0, 0.1) is 5.82 Å². The Morgan fingerprint density at radius 3 is 2.42 bits per heavy atom. The molecule has 2 fully saturated rings. The second kappa shape index (κ2) is 12.7. The number of nitrogens with two attached hydrogens (primary N) is 1. The largest absolute Gasteiger partial charge is 0.377 e. The first-order valence-electron chi connectivity index (χ1n) is 13.8. The predicted molar refractivity (Wildman–Crippen MR) is 149 cm³/mol. The number of piperidine rings is 1. The third-order valence-corrected chi connectivity index (χ3v) is 7.69. The number of aromatic amines is 1. The number of carbonyl (C=O) groups excluding carboxylic acids is 2. The number of benzene rings is 2. The first-order valence-corrected chi connectivity index (χ1v) is 13.8. The van der Waals surface area contributed by atoms with Gasteiger partial charge in [0.05, 0.1) is 35.9 Å². The molecule has 0 atom stereocenters. The number of H-pyrrole nitrogens is 1. The van der Waals surface area contributed by atoms with Crippen molar-refractivity contribution in [1.82, 2.24) is 24.9 Å². The van der Waals surface area contributed by atoms with Gasteiger partial charge in [-0.15, -0.1) is 0 Å². The second-order valence-corrected chi connectivity index (χ2v) is 10.3. The van der Waals surface area contributed by atoms with Gasteiger partial charge in [0.1, 0.15) is 5.82 Å². The topological polar surface area (TPSA) is 125 Å². The van der Waals surface area contributed by atoms with E-state index in [1.54, 1.807) is 34.1 Å². The maximum atomic E-state index is 14.8. The normalized spacial score (nSPS) is 16.9. The Morgan fingerprint density at radius 1 is 1.00 bits per heavy atom. The van der Waals surface area contributed by atoms with Crippen molar-refractivity contribution in [3.05, 3.63) is 75.5 Å². The quantitative estimate of drug-likeness (QED) is 0.434. The van der Waals surface area contributed by atoms with E-state index >= 15 is 0 Å². The molecule has 0 saturated carbocycles. The van der Waals surface area contributed by atoms with E-state index in [0.717, 1.165) is 25.9 Å². The van der Waals surface area contributed by atoms with E-state index in [0.29, 0.717) is 74.3 Å². The summed E-state index contributed by atoms with van der Waals surface area (Å²) in [5.74, 6) is -0.946. The lowest BCUT2D eigenvalue weighted by Gasteiger charge is -2.37. The highest BCUT2D eigenvalue weighted by molar-refractivity contribution is 5.95. The molecule has 0 radical (unpaired) electrons. The first kappa shape index (κ1) is 27.9. The van der Waals surface area contributed by atoms with E-state index in [1.807, 2.05) is 12.1 Å². The fraction of sp³-hybridized carbons (Fsp3) is 0.448. The van der Waals surface area contributed by atoms with Gasteiger partial charge in [0.15, 0.2) is 0 Å². The van der Waals surface area contributed by atoms with Crippen molar-refractivity contribution in [2.75, 3.05) is 59.0 Å². The van der Waals surface area contributed by atoms with Crippen LogP contribution in [0.5, 0.6) is 0 Å². The molecule has 2 aromatic carbocycles. The van der Waals surface area contributed by atoms with E-state index in [9.17, 15) is 18.8 Å². The van der Waals surface area contributed by atoms with Gasteiger partial charge in [0.2, 0.25) is 5.91 Å². The smallest absolute Gasteiger partial charge is 0.272 e. The highest BCUT2D eigenvalue weighted by Gasteiger charge is 2.28. The number of likely N-dealkylation sites (tertiary alicyclic amines) is 1. The maximum Gasteiger partial charge on any atom is 0.272 e. The molecule has 2 saturated heterocycles. The molecule has 2 amide bonds. The molecule has 3 N–H and O–H groups in total. The standard InChI is InChI=1S/C29H35FN6O4/c30-25-6-5-20(18-26-22-3-1-2-4-23(22)28(38)33-32-26)17-24(25)29(39)36-14-12-35(13-15-36)27(37)19-34-10-7-21(8-11-34)40-16-9-31/h1-6,17,21H,7-16,18-19,31H2,(H,33,38). The Balaban J connectivity index is 1.17. The number of nitrogens with one attached hydrogen (secondary N) is 1. The van der Waals surface area contributed by atoms with Crippen molar-refractivity contribution < 1.29 is 18.7 Å². The second-order valence-electron chi connectivity index (χ2n) is 10.3. The predicted octanol–water partition coefficient (Wildman–Crippen LogP) is 1.38. The number of piperazine rings is 1. The average molecular weight is 551 g/mol. The molecule has 2 aliphatic rings. The Bertz CT molecular complexity index is 1410. The SMILES string of the molecule is NCCOC1CCN(CC(=O)N2CCN(C(=O)c3cc(Cc4n[nH]c(=O)c5ccccc45)ccc3F)CC2)CC1. The summed E-state index contributed by atoms with van der Waals surface area (Å²) >= 11 is 0. The van der Waals surface area contributed by atoms with Gasteiger partial charge in [0.25, 0.3) is 11.5 Å². The van der Waals surface area contributed by atoms with E-state index in [4.69, 9.17) is 10.5 Å². The molecule has 0 bridgehead atoms. The highest BCUT2D eigenvalue weighted by atomic mass is 19.1. The van der Waals surface area contributed by atoms with E-state index in [-0.39, 0.29) is 23.1 Å². The van der Waals surface area contributed by atoms with Gasteiger partial charge in [-0.2, -0.15) is 5.10 Å². The van der Waals surface area contributed by atoms with Gasteiger partial charge in [-0.3, -0.25) is 19.3 Å². The zero-order valence-corrected chi connectivity index (χ0v) is 22.5. The molecule has 11 heteroatoms. The molecule has 3 aromatic rings. The van der Waals surface area contributed by atoms with Crippen molar-refractivity contribution in [3.63, 3.8) is 0 Å². The molecule has 212 valence electrons. The summed E-state index contributed by atoms with van der Waals surface area (Å²) < 4.78 is 20.5. The fourth-order valence-corrected chi connectivity index (χ4v) is 5.44. The zero-order chi connectivity index (χ0) is 28.1. The van der Waals surface area contributed by atoms with Crippen LogP contribution >= 0.6 is 0 Å². The lowest BCUT2D eigenvalue weighted by molar-refractivity contribution is -0.134. The van der Waals surface area contributed by atoms with E-state index in [2.05, 4.69) is 15.1 Å². The van der Waals surface area contributed by atoms with Gasteiger partial charge in [0, 0.05) is 57.6 Å². The number of amides is 2. The zero-order valence-electron chi connectivity index (χ0n) is 22.5. The minimum absolute atomic E-state index is 0.00858. The number of hydrogen-bond acceptors (Lipinski definition) is 7. The van der Waals surface area contributed by atoms with Crippen LogP contribution in [0.1, 0.15) is 34.5 Å². The summed E-state index contributed by atoms with van der Waals surface area (Å²) in [5, 5.41) is 7.95.